The molecule has 0 spiro atoms. The van der Waals surface area contributed by atoms with E-state index in [1.165, 1.54) is 10.5 Å². The Morgan fingerprint density at radius 1 is 1.29 bits per heavy atom. The molecule has 5 heteroatoms. The van der Waals surface area contributed by atoms with Crippen molar-refractivity contribution in [1.82, 2.24) is 0 Å². The summed E-state index contributed by atoms with van der Waals surface area (Å²) in [5, 5.41) is 0. The second-order valence-electron chi connectivity index (χ2n) is 5.89. The summed E-state index contributed by atoms with van der Waals surface area (Å²) in [7, 11) is 1.68. The van der Waals surface area contributed by atoms with Gasteiger partial charge in [-0.05, 0) is 54.8 Å². The van der Waals surface area contributed by atoms with Crippen LogP contribution in [0.4, 0.5) is 5.69 Å². The molecule has 1 saturated heterocycles. The number of rotatable bonds is 6. The number of hydrogen-bond donors (Lipinski definition) is 1. The minimum Gasteiger partial charge on any atom is -0.497 e. The summed E-state index contributed by atoms with van der Waals surface area (Å²) >= 11 is 1.79. The largest absolute Gasteiger partial charge is 0.497 e. The predicted molar refractivity (Wildman–Crippen MR) is 98.6 cm³/mol. The molecule has 0 unspecified atom stereocenters. The highest BCUT2D eigenvalue weighted by Gasteiger charge is 2.28. The lowest BCUT2D eigenvalue weighted by Crippen LogP contribution is -2.40. The van der Waals surface area contributed by atoms with Gasteiger partial charge in [-0.25, -0.2) is 0 Å². The van der Waals surface area contributed by atoms with Crippen LogP contribution < -0.4 is 15.4 Å². The van der Waals surface area contributed by atoms with Crippen molar-refractivity contribution in [3.63, 3.8) is 0 Å². The number of amides is 1. The van der Waals surface area contributed by atoms with Crippen molar-refractivity contribution >= 4 is 23.4 Å². The number of thioether (sulfide) groups is 1. The van der Waals surface area contributed by atoms with Crippen LogP contribution in [0.2, 0.25) is 0 Å². The third-order valence-corrected chi connectivity index (χ3v) is 5.37. The third-order valence-electron chi connectivity index (χ3n) is 4.29. The molecule has 0 saturated carbocycles. The quantitative estimate of drug-likeness (QED) is 0.817. The van der Waals surface area contributed by atoms with Gasteiger partial charge in [-0.2, -0.15) is 0 Å². The van der Waals surface area contributed by atoms with Crippen LogP contribution >= 0.6 is 11.8 Å². The molecule has 1 aliphatic heterocycles. The van der Waals surface area contributed by atoms with Gasteiger partial charge in [0.05, 0.1) is 7.11 Å². The van der Waals surface area contributed by atoms with Crippen molar-refractivity contribution < 1.29 is 9.53 Å². The lowest BCUT2D eigenvalue weighted by molar-refractivity contribution is -0.119. The number of carbonyl (C=O) groups excluding carboxylic acids is 1. The van der Waals surface area contributed by atoms with Gasteiger partial charge in [0, 0.05) is 22.9 Å². The first-order valence-corrected chi connectivity index (χ1v) is 9.07. The van der Waals surface area contributed by atoms with Crippen LogP contribution in [0.3, 0.4) is 0 Å². The van der Waals surface area contributed by atoms with Gasteiger partial charge in [0.25, 0.3) is 0 Å². The summed E-state index contributed by atoms with van der Waals surface area (Å²) in [6.07, 6.45) is 1.86. The zero-order valence-electron chi connectivity index (χ0n) is 13.8. The summed E-state index contributed by atoms with van der Waals surface area (Å²) in [5.74, 6) is 1.54. The number of nitrogens with two attached hydrogens (primary N) is 1. The maximum atomic E-state index is 11.5. The number of hydrogen-bond acceptors (Lipinski definition) is 4. The van der Waals surface area contributed by atoms with E-state index in [0.717, 1.165) is 36.6 Å². The van der Waals surface area contributed by atoms with Crippen LogP contribution in [0.25, 0.3) is 0 Å². The van der Waals surface area contributed by atoms with Crippen molar-refractivity contribution in [2.45, 2.75) is 29.5 Å². The average molecular weight is 342 g/mol. The van der Waals surface area contributed by atoms with Gasteiger partial charge in [-0.1, -0.05) is 12.1 Å². The highest BCUT2D eigenvalue weighted by atomic mass is 32.2. The molecule has 1 fully saturated rings. The van der Waals surface area contributed by atoms with Crippen LogP contribution in [-0.2, 0) is 10.5 Å². The second-order valence-corrected chi connectivity index (χ2v) is 6.94. The first kappa shape index (κ1) is 16.7. The lowest BCUT2D eigenvalue weighted by atomic mass is 10.2. The minimum atomic E-state index is -0.232. The average Bonchev–Trinajstić information content (AvgIpc) is 3.10. The molecule has 1 amide bonds. The van der Waals surface area contributed by atoms with Gasteiger partial charge in [0.2, 0.25) is 5.91 Å². The molecule has 4 nitrogen and oxygen atoms in total. The smallest absolute Gasteiger partial charge is 0.240 e. The van der Waals surface area contributed by atoms with E-state index in [1.807, 2.05) is 12.1 Å². The normalized spacial score (nSPS) is 17.0. The fraction of sp³-hybridized carbons (Fsp3) is 0.316. The summed E-state index contributed by atoms with van der Waals surface area (Å²) in [4.78, 5) is 14.8. The van der Waals surface area contributed by atoms with Crippen LogP contribution in [0.1, 0.15) is 18.4 Å². The predicted octanol–water partition coefficient (Wildman–Crippen LogP) is 3.44. The molecule has 0 aliphatic carbocycles. The molecule has 2 aromatic carbocycles. The molecule has 1 aliphatic rings. The molecule has 126 valence electrons. The van der Waals surface area contributed by atoms with Gasteiger partial charge in [0.1, 0.15) is 11.8 Å². The van der Waals surface area contributed by atoms with Crippen molar-refractivity contribution in [2.75, 3.05) is 18.6 Å². The monoisotopic (exact) mass is 342 g/mol. The highest BCUT2D eigenvalue weighted by Crippen LogP contribution is 2.29. The first-order valence-electron chi connectivity index (χ1n) is 8.09. The molecule has 0 radical (unpaired) electrons. The number of nitrogens with zero attached hydrogens (tertiary/aromatic N) is 1. The summed E-state index contributed by atoms with van der Waals surface area (Å²) < 4.78 is 5.26. The molecule has 24 heavy (non-hydrogen) atoms. The molecular formula is C19H22N2O2S. The van der Waals surface area contributed by atoms with Crippen molar-refractivity contribution in [1.29, 1.82) is 0 Å². The Kier molecular flexibility index (Phi) is 5.30. The van der Waals surface area contributed by atoms with Crippen LogP contribution in [-0.4, -0.2) is 25.6 Å². The van der Waals surface area contributed by atoms with Crippen LogP contribution in [0, 0.1) is 0 Å². The molecule has 0 aromatic heterocycles. The fourth-order valence-electron chi connectivity index (χ4n) is 3.03. The van der Waals surface area contributed by atoms with E-state index >= 15 is 0 Å². The highest BCUT2D eigenvalue weighted by molar-refractivity contribution is 7.98. The number of methoxy groups -OCH3 is 1. The number of ether oxygens (including phenoxy) is 1. The van der Waals surface area contributed by atoms with Gasteiger partial charge < -0.3 is 15.4 Å². The third kappa shape index (κ3) is 3.85. The molecule has 1 atom stereocenters. The molecule has 2 N–H and O–H groups in total. The molecule has 1 heterocycles. The van der Waals surface area contributed by atoms with E-state index in [9.17, 15) is 4.79 Å². The van der Waals surface area contributed by atoms with Crippen molar-refractivity contribution in [2.24, 2.45) is 5.73 Å². The summed E-state index contributed by atoms with van der Waals surface area (Å²) in [5.41, 5.74) is 7.80. The zero-order valence-corrected chi connectivity index (χ0v) is 14.6. The number of benzene rings is 2. The van der Waals surface area contributed by atoms with Crippen molar-refractivity contribution in [3.05, 3.63) is 54.1 Å². The standard InChI is InChI=1S/C19H22N2O2S/c1-23-16-5-2-4-14(12-16)13-24-17-9-7-15(8-10-17)21-11-3-6-18(21)19(20)22/h2,4-5,7-10,12,18H,3,6,11,13H2,1H3,(H2,20,22)/t18-/m1/s1. The van der Waals surface area contributed by atoms with Crippen molar-refractivity contribution in [3.8, 4) is 5.75 Å². The van der Waals surface area contributed by atoms with Gasteiger partial charge >= 0.3 is 0 Å². The van der Waals surface area contributed by atoms with Crippen LogP contribution in [0.5, 0.6) is 5.75 Å². The number of primary amides is 1. The van der Waals surface area contributed by atoms with E-state index in [4.69, 9.17) is 10.5 Å². The Bertz CT molecular complexity index is 703. The Hall–Kier alpha value is -2.14. The Balaban J connectivity index is 1.63. The summed E-state index contributed by atoms with van der Waals surface area (Å²) in [6, 6.07) is 16.3. The fourth-order valence-corrected chi connectivity index (χ4v) is 3.88. The molecular weight excluding hydrogens is 320 g/mol. The van der Waals surface area contributed by atoms with E-state index in [-0.39, 0.29) is 11.9 Å². The van der Waals surface area contributed by atoms with Crippen LogP contribution in [0.15, 0.2) is 53.4 Å². The van der Waals surface area contributed by atoms with E-state index < -0.39 is 0 Å². The van der Waals surface area contributed by atoms with Gasteiger partial charge in [-0.3, -0.25) is 4.79 Å². The Morgan fingerprint density at radius 3 is 2.79 bits per heavy atom. The van der Waals surface area contributed by atoms with E-state index in [1.54, 1.807) is 18.9 Å². The first-order chi connectivity index (χ1) is 11.7. The molecule has 2 aromatic rings. The number of anilines is 1. The maximum Gasteiger partial charge on any atom is 0.240 e. The van der Waals surface area contributed by atoms with Gasteiger partial charge in [-0.15, -0.1) is 11.8 Å². The molecule has 3 rings (SSSR count). The lowest BCUT2D eigenvalue weighted by Gasteiger charge is -2.24. The second kappa shape index (κ2) is 7.62. The van der Waals surface area contributed by atoms with E-state index in [0.29, 0.717) is 0 Å². The zero-order chi connectivity index (χ0) is 16.9. The Morgan fingerprint density at radius 2 is 2.08 bits per heavy atom. The SMILES string of the molecule is COc1cccc(CSc2ccc(N3CCC[C@@H]3C(N)=O)cc2)c1. The number of carbonyl (C=O) groups is 1. The summed E-state index contributed by atoms with van der Waals surface area (Å²) in [6.45, 7) is 0.893. The van der Waals surface area contributed by atoms with E-state index in [2.05, 4.69) is 41.3 Å². The Labute approximate surface area is 147 Å². The minimum absolute atomic E-state index is 0.166. The topological polar surface area (TPSA) is 55.6 Å². The van der Waals surface area contributed by atoms with Gasteiger partial charge in [0.15, 0.2) is 0 Å². The maximum absolute atomic E-state index is 11.5. The molecule has 0 bridgehead atoms.